The third-order valence-electron chi connectivity index (χ3n) is 3.68. The lowest BCUT2D eigenvalue weighted by atomic mass is 10.1. The number of phenolic OH excluding ortho intramolecular Hbond substituents is 1. The summed E-state index contributed by atoms with van der Waals surface area (Å²) in [5.41, 5.74) is 0.543. The Hall–Kier alpha value is -3.15. The maximum absolute atomic E-state index is 12.6. The van der Waals surface area contributed by atoms with Gasteiger partial charge >= 0.3 is 0 Å². The Labute approximate surface area is 137 Å². The highest BCUT2D eigenvalue weighted by Crippen LogP contribution is 2.36. The van der Waals surface area contributed by atoms with Crippen molar-refractivity contribution in [2.45, 2.75) is 0 Å². The van der Waals surface area contributed by atoms with Crippen molar-refractivity contribution in [2.24, 2.45) is 0 Å². The molecule has 0 saturated heterocycles. The number of phenols is 1. The molecule has 0 aliphatic rings. The molecule has 3 rings (SSSR count). The fraction of sp³-hybridized carbons (Fsp3) is 0.167. The SMILES string of the molecule is COc1ccc(-c2oc3cc(O)ccc3c(=O)c2OC)cc1OC. The first kappa shape index (κ1) is 15.7. The van der Waals surface area contributed by atoms with Gasteiger partial charge in [0.1, 0.15) is 11.3 Å². The van der Waals surface area contributed by atoms with Crippen LogP contribution in [0.25, 0.3) is 22.3 Å². The lowest BCUT2D eigenvalue weighted by Gasteiger charge is -2.12. The Morgan fingerprint density at radius 2 is 1.67 bits per heavy atom. The molecule has 0 bridgehead atoms. The first-order chi connectivity index (χ1) is 11.6. The van der Waals surface area contributed by atoms with Gasteiger partial charge in [-0.3, -0.25) is 4.79 Å². The maximum atomic E-state index is 12.6. The minimum absolute atomic E-state index is 0.00841. The van der Waals surface area contributed by atoms with Crippen molar-refractivity contribution in [2.75, 3.05) is 21.3 Å². The summed E-state index contributed by atoms with van der Waals surface area (Å²) in [6.07, 6.45) is 0. The Kier molecular flexibility index (Phi) is 4.04. The van der Waals surface area contributed by atoms with Crippen molar-refractivity contribution < 1.29 is 23.7 Å². The van der Waals surface area contributed by atoms with Crippen molar-refractivity contribution in [1.29, 1.82) is 0 Å². The van der Waals surface area contributed by atoms with E-state index in [9.17, 15) is 9.90 Å². The monoisotopic (exact) mass is 328 g/mol. The quantitative estimate of drug-likeness (QED) is 0.792. The van der Waals surface area contributed by atoms with E-state index in [4.69, 9.17) is 18.6 Å². The fourth-order valence-corrected chi connectivity index (χ4v) is 2.52. The molecule has 1 N–H and O–H groups in total. The van der Waals surface area contributed by atoms with Gasteiger partial charge in [-0.15, -0.1) is 0 Å². The van der Waals surface area contributed by atoms with Gasteiger partial charge in [0, 0.05) is 11.6 Å². The van der Waals surface area contributed by atoms with Crippen LogP contribution < -0.4 is 19.6 Å². The molecule has 124 valence electrons. The number of fused-ring (bicyclic) bond motifs is 1. The lowest BCUT2D eigenvalue weighted by Crippen LogP contribution is -2.07. The summed E-state index contributed by atoms with van der Waals surface area (Å²) in [5, 5.41) is 9.96. The molecule has 0 unspecified atom stereocenters. The largest absolute Gasteiger partial charge is 0.508 e. The second kappa shape index (κ2) is 6.16. The van der Waals surface area contributed by atoms with Crippen LogP contribution in [-0.2, 0) is 0 Å². The summed E-state index contributed by atoms with van der Waals surface area (Å²) in [4.78, 5) is 12.6. The van der Waals surface area contributed by atoms with E-state index in [1.165, 1.54) is 39.5 Å². The van der Waals surface area contributed by atoms with Crippen molar-refractivity contribution in [3.8, 4) is 34.3 Å². The van der Waals surface area contributed by atoms with Gasteiger partial charge in [-0.25, -0.2) is 0 Å². The Bertz CT molecular complexity index is 958. The molecular weight excluding hydrogens is 312 g/mol. The highest BCUT2D eigenvalue weighted by atomic mass is 16.5. The molecule has 0 aliphatic heterocycles. The van der Waals surface area contributed by atoms with Crippen molar-refractivity contribution >= 4 is 11.0 Å². The predicted octanol–water partition coefficient (Wildman–Crippen LogP) is 3.19. The summed E-state index contributed by atoms with van der Waals surface area (Å²) in [7, 11) is 4.47. The second-order valence-corrected chi connectivity index (χ2v) is 5.04. The van der Waals surface area contributed by atoms with Gasteiger partial charge in [0.2, 0.25) is 11.2 Å². The van der Waals surface area contributed by atoms with E-state index in [1.54, 1.807) is 18.2 Å². The normalized spacial score (nSPS) is 10.6. The van der Waals surface area contributed by atoms with Gasteiger partial charge in [-0.1, -0.05) is 0 Å². The Balaban J connectivity index is 2.31. The molecule has 1 heterocycles. The molecule has 6 nitrogen and oxygen atoms in total. The summed E-state index contributed by atoms with van der Waals surface area (Å²) in [6.45, 7) is 0. The highest BCUT2D eigenvalue weighted by Gasteiger charge is 2.18. The van der Waals surface area contributed by atoms with Crippen LogP contribution in [0.4, 0.5) is 0 Å². The van der Waals surface area contributed by atoms with Crippen LogP contribution in [0, 0.1) is 0 Å². The first-order valence-corrected chi connectivity index (χ1v) is 7.15. The summed E-state index contributed by atoms with van der Waals surface area (Å²) >= 11 is 0. The van der Waals surface area contributed by atoms with E-state index in [1.807, 2.05) is 0 Å². The van der Waals surface area contributed by atoms with Gasteiger partial charge in [0.05, 0.1) is 26.7 Å². The molecular formula is C18H16O6. The number of benzene rings is 2. The molecule has 6 heteroatoms. The van der Waals surface area contributed by atoms with E-state index in [-0.39, 0.29) is 28.3 Å². The van der Waals surface area contributed by atoms with Crippen molar-refractivity contribution in [3.63, 3.8) is 0 Å². The Morgan fingerprint density at radius 1 is 0.917 bits per heavy atom. The zero-order chi connectivity index (χ0) is 17.3. The van der Waals surface area contributed by atoms with Crippen LogP contribution >= 0.6 is 0 Å². The number of rotatable bonds is 4. The van der Waals surface area contributed by atoms with E-state index < -0.39 is 0 Å². The number of hydrogen-bond acceptors (Lipinski definition) is 6. The molecule has 0 spiro atoms. The molecule has 2 aromatic carbocycles. The van der Waals surface area contributed by atoms with Gasteiger partial charge in [0.25, 0.3) is 0 Å². The molecule has 24 heavy (non-hydrogen) atoms. The van der Waals surface area contributed by atoms with Gasteiger partial charge in [-0.2, -0.15) is 0 Å². The topological polar surface area (TPSA) is 78.1 Å². The average Bonchev–Trinajstić information content (AvgIpc) is 2.60. The van der Waals surface area contributed by atoms with E-state index >= 15 is 0 Å². The Morgan fingerprint density at radius 3 is 2.33 bits per heavy atom. The number of hydrogen-bond donors (Lipinski definition) is 1. The first-order valence-electron chi connectivity index (χ1n) is 7.15. The van der Waals surface area contributed by atoms with E-state index in [0.29, 0.717) is 22.4 Å². The van der Waals surface area contributed by atoms with Crippen LogP contribution in [0.1, 0.15) is 0 Å². The third-order valence-corrected chi connectivity index (χ3v) is 3.68. The standard InChI is InChI=1S/C18H16O6/c1-21-13-7-4-10(8-15(13)22-2)17-18(23-3)16(20)12-6-5-11(19)9-14(12)24-17/h4-9,19H,1-3H3. The summed E-state index contributed by atoms with van der Waals surface area (Å²) in [5.74, 6) is 1.40. The third kappa shape index (κ3) is 2.52. The fourth-order valence-electron chi connectivity index (χ4n) is 2.52. The van der Waals surface area contributed by atoms with Crippen LogP contribution in [0.5, 0.6) is 23.0 Å². The second-order valence-electron chi connectivity index (χ2n) is 5.04. The minimum Gasteiger partial charge on any atom is -0.508 e. The highest BCUT2D eigenvalue weighted by molar-refractivity contribution is 5.83. The summed E-state index contributed by atoms with van der Waals surface area (Å²) in [6, 6.07) is 9.44. The smallest absolute Gasteiger partial charge is 0.235 e. The number of ether oxygens (including phenoxy) is 3. The van der Waals surface area contributed by atoms with Crippen molar-refractivity contribution in [3.05, 3.63) is 46.6 Å². The number of aromatic hydroxyl groups is 1. The van der Waals surface area contributed by atoms with Crippen LogP contribution in [0.2, 0.25) is 0 Å². The van der Waals surface area contributed by atoms with Crippen molar-refractivity contribution in [1.82, 2.24) is 0 Å². The molecule has 0 radical (unpaired) electrons. The molecule has 3 aromatic rings. The molecule has 0 aliphatic carbocycles. The van der Waals surface area contributed by atoms with Crippen LogP contribution in [-0.4, -0.2) is 26.4 Å². The average molecular weight is 328 g/mol. The van der Waals surface area contributed by atoms with E-state index in [0.717, 1.165) is 0 Å². The number of methoxy groups -OCH3 is 3. The van der Waals surface area contributed by atoms with E-state index in [2.05, 4.69) is 0 Å². The summed E-state index contributed by atoms with van der Waals surface area (Å²) < 4.78 is 21.6. The molecule has 0 fully saturated rings. The molecule has 0 saturated carbocycles. The van der Waals surface area contributed by atoms with Crippen LogP contribution in [0.15, 0.2) is 45.6 Å². The van der Waals surface area contributed by atoms with Crippen LogP contribution in [0.3, 0.4) is 0 Å². The molecule has 0 atom stereocenters. The lowest BCUT2D eigenvalue weighted by molar-refractivity contribution is 0.355. The molecule has 1 aromatic heterocycles. The van der Waals surface area contributed by atoms with Gasteiger partial charge < -0.3 is 23.7 Å². The zero-order valence-electron chi connectivity index (χ0n) is 13.5. The zero-order valence-corrected chi connectivity index (χ0v) is 13.5. The van der Waals surface area contributed by atoms with Gasteiger partial charge in [0.15, 0.2) is 17.3 Å². The maximum Gasteiger partial charge on any atom is 0.235 e. The molecule has 0 amide bonds. The predicted molar refractivity (Wildman–Crippen MR) is 89.2 cm³/mol. The van der Waals surface area contributed by atoms with Gasteiger partial charge in [-0.05, 0) is 30.3 Å². The minimum atomic E-state index is -0.316.